The average Bonchev–Trinajstić information content (AvgIpc) is 2.94. The molecule has 0 bridgehead atoms. The third-order valence-electron chi connectivity index (χ3n) is 10.8. The van der Waals surface area contributed by atoms with Crippen molar-refractivity contribution in [3.8, 4) is 11.5 Å². The van der Waals surface area contributed by atoms with Crippen LogP contribution in [0.5, 0.6) is 11.5 Å². The third kappa shape index (κ3) is 4.98. The molecule has 1 aromatic rings. The molecule has 0 spiro atoms. The van der Waals surface area contributed by atoms with Crippen LogP contribution < -0.4 is 4.74 Å². The standard InChI is InChI=1S/C33H48O8/c1-6-7-8-9-10-11-21-14-19-15-23(35)26(30(36)37)28-25(19)29(40-21)27-24(39-5)16-20(18-34)22-17-31(2,3)33(22,38)13-12-32(27,4)41-28/h15-16,21-22,24,27,29,34-35,38H,6-14,17-18H2,1-5H3,(H,36,37)/t21-,22-,24-,27-,29+,32+,33+/m1/s1. The molecule has 8 nitrogen and oxygen atoms in total. The fourth-order valence-corrected chi connectivity index (χ4v) is 8.24. The second-order valence-electron chi connectivity index (χ2n) is 13.7. The van der Waals surface area contributed by atoms with Gasteiger partial charge in [0.1, 0.15) is 22.7 Å². The van der Waals surface area contributed by atoms with Crippen molar-refractivity contribution in [1.29, 1.82) is 0 Å². The molecule has 2 heterocycles. The van der Waals surface area contributed by atoms with Gasteiger partial charge in [-0.25, -0.2) is 4.79 Å². The van der Waals surface area contributed by atoms with E-state index >= 15 is 0 Å². The van der Waals surface area contributed by atoms with Crippen molar-refractivity contribution >= 4 is 5.97 Å². The molecule has 0 saturated heterocycles. The number of phenols is 1. The first kappa shape index (κ1) is 30.3. The molecule has 41 heavy (non-hydrogen) atoms. The zero-order valence-electron chi connectivity index (χ0n) is 25.2. The van der Waals surface area contributed by atoms with E-state index in [2.05, 4.69) is 6.92 Å². The number of carboxylic acid groups (broad SMARTS) is 1. The first-order valence-electron chi connectivity index (χ1n) is 15.4. The van der Waals surface area contributed by atoms with Crippen molar-refractivity contribution < 1.29 is 39.4 Å². The number of unbranched alkanes of at least 4 members (excludes halogenated alkanes) is 4. The van der Waals surface area contributed by atoms with E-state index in [9.17, 15) is 25.2 Å². The van der Waals surface area contributed by atoms with E-state index in [0.717, 1.165) is 36.8 Å². The molecule has 0 radical (unpaired) electrons. The molecular weight excluding hydrogens is 524 g/mol. The van der Waals surface area contributed by atoms with Gasteiger partial charge in [-0.05, 0) is 61.6 Å². The minimum Gasteiger partial charge on any atom is -0.507 e. The molecule has 5 rings (SSSR count). The van der Waals surface area contributed by atoms with Gasteiger partial charge in [-0.3, -0.25) is 0 Å². The summed E-state index contributed by atoms with van der Waals surface area (Å²) in [7, 11) is 1.63. The molecule has 8 heteroatoms. The van der Waals surface area contributed by atoms with E-state index in [1.165, 1.54) is 19.3 Å². The summed E-state index contributed by atoms with van der Waals surface area (Å²) in [4.78, 5) is 12.4. The normalized spacial score (nSPS) is 35.3. The summed E-state index contributed by atoms with van der Waals surface area (Å²) in [5.74, 6) is -1.98. The van der Waals surface area contributed by atoms with Crippen molar-refractivity contribution in [2.24, 2.45) is 17.3 Å². The first-order chi connectivity index (χ1) is 19.4. The molecule has 1 saturated carbocycles. The molecule has 2 aliphatic heterocycles. The number of methoxy groups -OCH3 is 1. The zero-order valence-corrected chi connectivity index (χ0v) is 25.2. The maximum absolute atomic E-state index is 12.4. The SMILES string of the molecule is CCCCCCC[C@@H]1Cc2cc(O)c(C(=O)O)c3c2[C@H](O1)[C@H]1[C@H](OC)C=C(CO)[C@H]2CC(C)(C)[C@]2(O)CC[C@]1(C)O3. The second kappa shape index (κ2) is 11.2. The quantitative estimate of drug-likeness (QED) is 0.219. The van der Waals surface area contributed by atoms with Gasteiger partial charge in [0, 0.05) is 18.6 Å². The van der Waals surface area contributed by atoms with Gasteiger partial charge in [-0.2, -0.15) is 0 Å². The van der Waals surface area contributed by atoms with Gasteiger partial charge in [0.25, 0.3) is 0 Å². The van der Waals surface area contributed by atoms with E-state index in [1.54, 1.807) is 13.2 Å². The summed E-state index contributed by atoms with van der Waals surface area (Å²) < 4.78 is 19.7. The summed E-state index contributed by atoms with van der Waals surface area (Å²) in [5, 5.41) is 43.5. The molecular formula is C33H48O8. The lowest BCUT2D eigenvalue weighted by Crippen LogP contribution is -2.63. The average molecular weight is 573 g/mol. The lowest BCUT2D eigenvalue weighted by atomic mass is 9.48. The molecule has 7 atom stereocenters. The zero-order chi connectivity index (χ0) is 29.7. The number of benzene rings is 1. The number of aromatic hydroxyl groups is 1. The van der Waals surface area contributed by atoms with Gasteiger partial charge >= 0.3 is 5.97 Å². The fourth-order valence-electron chi connectivity index (χ4n) is 8.24. The van der Waals surface area contributed by atoms with Crippen molar-refractivity contribution in [3.63, 3.8) is 0 Å². The highest BCUT2D eigenvalue weighted by molar-refractivity contribution is 5.95. The molecule has 1 aromatic carbocycles. The van der Waals surface area contributed by atoms with Crippen molar-refractivity contribution in [3.05, 3.63) is 34.4 Å². The highest BCUT2D eigenvalue weighted by Crippen LogP contribution is 2.62. The number of carboxylic acids is 1. The van der Waals surface area contributed by atoms with Crippen molar-refractivity contribution in [2.45, 2.75) is 121 Å². The smallest absolute Gasteiger partial charge is 0.343 e. The highest BCUT2D eigenvalue weighted by Gasteiger charge is 2.63. The van der Waals surface area contributed by atoms with Crippen LogP contribution in [0.25, 0.3) is 0 Å². The molecule has 0 amide bonds. The van der Waals surface area contributed by atoms with E-state index < -0.39 is 29.4 Å². The molecule has 4 aliphatic rings. The number of rotatable bonds is 9. The Labute approximate surface area is 243 Å². The van der Waals surface area contributed by atoms with Crippen LogP contribution in [0.15, 0.2) is 17.7 Å². The predicted octanol–water partition coefficient (Wildman–Crippen LogP) is 5.71. The molecule has 228 valence electrons. The molecule has 0 unspecified atom stereocenters. The number of ether oxygens (including phenoxy) is 3. The van der Waals surface area contributed by atoms with Crippen LogP contribution in [0.1, 0.15) is 113 Å². The van der Waals surface area contributed by atoms with Gasteiger partial charge in [-0.1, -0.05) is 59.0 Å². The Morgan fingerprint density at radius 2 is 1.88 bits per heavy atom. The van der Waals surface area contributed by atoms with Crippen LogP contribution in [-0.4, -0.2) is 63.5 Å². The predicted molar refractivity (Wildman–Crippen MR) is 154 cm³/mol. The minimum atomic E-state index is -1.26. The van der Waals surface area contributed by atoms with Gasteiger partial charge in [-0.15, -0.1) is 0 Å². The van der Waals surface area contributed by atoms with E-state index in [0.29, 0.717) is 24.8 Å². The highest BCUT2D eigenvalue weighted by atomic mass is 16.5. The molecule has 1 fully saturated rings. The third-order valence-corrected chi connectivity index (χ3v) is 10.8. The van der Waals surface area contributed by atoms with Crippen molar-refractivity contribution in [1.82, 2.24) is 0 Å². The second-order valence-corrected chi connectivity index (χ2v) is 13.7. The number of aliphatic hydroxyl groups excluding tert-OH is 1. The molecule has 4 N–H and O–H groups in total. The van der Waals surface area contributed by atoms with E-state index in [-0.39, 0.29) is 47.0 Å². The van der Waals surface area contributed by atoms with Crippen LogP contribution in [0.4, 0.5) is 0 Å². The Morgan fingerprint density at radius 1 is 1.15 bits per heavy atom. The number of fused-ring (bicyclic) bond motifs is 3. The number of carbonyl (C=O) groups is 1. The lowest BCUT2D eigenvalue weighted by molar-refractivity contribution is -0.205. The van der Waals surface area contributed by atoms with E-state index in [1.807, 2.05) is 26.8 Å². The topological polar surface area (TPSA) is 126 Å². The largest absolute Gasteiger partial charge is 0.507 e. The summed E-state index contributed by atoms with van der Waals surface area (Å²) in [5.41, 5.74) is -0.379. The van der Waals surface area contributed by atoms with Gasteiger partial charge in [0.2, 0.25) is 0 Å². The minimum absolute atomic E-state index is 0.0925. The van der Waals surface area contributed by atoms with Gasteiger partial charge in [0.15, 0.2) is 0 Å². The van der Waals surface area contributed by atoms with Crippen LogP contribution in [0, 0.1) is 17.3 Å². The van der Waals surface area contributed by atoms with Crippen LogP contribution >= 0.6 is 0 Å². The van der Waals surface area contributed by atoms with Crippen LogP contribution in [0.3, 0.4) is 0 Å². The summed E-state index contributed by atoms with van der Waals surface area (Å²) in [6.07, 6.45) is 9.55. The summed E-state index contributed by atoms with van der Waals surface area (Å²) >= 11 is 0. The van der Waals surface area contributed by atoms with Crippen LogP contribution in [0.2, 0.25) is 0 Å². The van der Waals surface area contributed by atoms with E-state index in [4.69, 9.17) is 14.2 Å². The first-order valence-corrected chi connectivity index (χ1v) is 15.4. The summed E-state index contributed by atoms with van der Waals surface area (Å²) in [6.45, 7) is 8.05. The lowest BCUT2D eigenvalue weighted by Gasteiger charge is -2.60. The Hall–Kier alpha value is -2.13. The number of hydrogen-bond acceptors (Lipinski definition) is 7. The van der Waals surface area contributed by atoms with Gasteiger partial charge in [0.05, 0.1) is 36.4 Å². The maximum Gasteiger partial charge on any atom is 0.343 e. The fraction of sp³-hybridized carbons (Fsp3) is 0.727. The van der Waals surface area contributed by atoms with Crippen LogP contribution in [-0.2, 0) is 15.9 Å². The number of aromatic carboxylic acids is 1. The Kier molecular flexibility index (Phi) is 8.27. The Balaban J connectivity index is 1.62. The molecule has 0 aromatic heterocycles. The summed E-state index contributed by atoms with van der Waals surface area (Å²) in [6, 6.07) is 1.57. The van der Waals surface area contributed by atoms with Gasteiger partial charge < -0.3 is 34.6 Å². The Bertz CT molecular complexity index is 1190. The van der Waals surface area contributed by atoms with Crippen molar-refractivity contribution in [2.75, 3.05) is 13.7 Å². The number of hydrogen-bond donors (Lipinski definition) is 4. The number of aliphatic hydroxyl groups is 2. The molecule has 2 aliphatic carbocycles. The Morgan fingerprint density at radius 3 is 2.51 bits per heavy atom. The maximum atomic E-state index is 12.4. The monoisotopic (exact) mass is 572 g/mol.